The molecule has 5 nitrogen and oxygen atoms in total. The standard InChI is InChI=1S/C15H16O5S2/c1-20-10-6-4-9(5-7-10)11(8-12(21-2)22-3)13(14(16)17)15(18)19/h4-8H,1-3H3,(H,16,17)(H,18,19). The van der Waals surface area contributed by atoms with Gasteiger partial charge in [-0.05, 0) is 36.3 Å². The zero-order valence-corrected chi connectivity index (χ0v) is 14.0. The molecule has 0 amide bonds. The zero-order chi connectivity index (χ0) is 16.7. The zero-order valence-electron chi connectivity index (χ0n) is 12.3. The highest BCUT2D eigenvalue weighted by atomic mass is 32.2. The van der Waals surface area contributed by atoms with Gasteiger partial charge in [0.2, 0.25) is 0 Å². The van der Waals surface area contributed by atoms with E-state index in [-0.39, 0.29) is 5.57 Å². The van der Waals surface area contributed by atoms with Gasteiger partial charge in [-0.25, -0.2) is 9.59 Å². The van der Waals surface area contributed by atoms with Gasteiger partial charge in [0.25, 0.3) is 0 Å². The Balaban J connectivity index is 3.57. The van der Waals surface area contributed by atoms with Crippen LogP contribution in [0.1, 0.15) is 5.56 Å². The van der Waals surface area contributed by atoms with Crippen molar-refractivity contribution in [2.75, 3.05) is 19.6 Å². The van der Waals surface area contributed by atoms with Crippen LogP contribution >= 0.6 is 23.5 Å². The van der Waals surface area contributed by atoms with Crippen molar-refractivity contribution in [2.45, 2.75) is 0 Å². The van der Waals surface area contributed by atoms with Crippen molar-refractivity contribution >= 4 is 41.0 Å². The summed E-state index contributed by atoms with van der Waals surface area (Å²) in [4.78, 5) is 22.7. The normalized spacial score (nSPS) is 9.77. The van der Waals surface area contributed by atoms with Gasteiger partial charge in [0.05, 0.1) is 7.11 Å². The van der Waals surface area contributed by atoms with E-state index in [2.05, 4.69) is 0 Å². The number of aliphatic carboxylic acids is 2. The molecule has 0 saturated carbocycles. The molecule has 22 heavy (non-hydrogen) atoms. The van der Waals surface area contributed by atoms with Crippen molar-refractivity contribution in [2.24, 2.45) is 0 Å². The van der Waals surface area contributed by atoms with Crippen LogP contribution in [0.4, 0.5) is 0 Å². The average molecular weight is 340 g/mol. The van der Waals surface area contributed by atoms with E-state index >= 15 is 0 Å². The number of ether oxygens (including phenoxy) is 1. The molecule has 0 heterocycles. The summed E-state index contributed by atoms with van der Waals surface area (Å²) in [6.07, 6.45) is 5.26. The van der Waals surface area contributed by atoms with Crippen LogP contribution in [-0.2, 0) is 9.59 Å². The molecule has 1 aromatic rings. The molecular formula is C15H16O5S2. The molecule has 7 heteroatoms. The first-order valence-corrected chi connectivity index (χ1v) is 8.54. The molecule has 0 fully saturated rings. The van der Waals surface area contributed by atoms with Gasteiger partial charge in [-0.3, -0.25) is 0 Å². The predicted octanol–water partition coefficient (Wildman–Crippen LogP) is 3.19. The maximum absolute atomic E-state index is 11.3. The highest BCUT2D eigenvalue weighted by molar-refractivity contribution is 8.21. The van der Waals surface area contributed by atoms with Gasteiger partial charge in [-0.2, -0.15) is 0 Å². The van der Waals surface area contributed by atoms with Crippen LogP contribution in [0, 0.1) is 0 Å². The van der Waals surface area contributed by atoms with E-state index in [9.17, 15) is 19.8 Å². The van der Waals surface area contributed by atoms with E-state index in [4.69, 9.17) is 4.74 Å². The molecule has 1 aromatic carbocycles. The molecule has 0 aliphatic carbocycles. The second-order valence-corrected chi connectivity index (χ2v) is 5.95. The molecule has 2 N–H and O–H groups in total. The molecule has 0 aromatic heterocycles. The summed E-state index contributed by atoms with van der Waals surface area (Å²) in [5.41, 5.74) is -0.00619. The van der Waals surface area contributed by atoms with Gasteiger partial charge >= 0.3 is 11.9 Å². The fourth-order valence-corrected chi connectivity index (χ4v) is 2.85. The smallest absolute Gasteiger partial charge is 0.343 e. The maximum atomic E-state index is 11.3. The van der Waals surface area contributed by atoms with Gasteiger partial charge in [-0.15, -0.1) is 23.5 Å². The Morgan fingerprint density at radius 1 is 1.05 bits per heavy atom. The summed E-state index contributed by atoms with van der Waals surface area (Å²) in [5, 5.41) is 18.5. The van der Waals surface area contributed by atoms with Gasteiger partial charge < -0.3 is 14.9 Å². The minimum atomic E-state index is -1.48. The van der Waals surface area contributed by atoms with Crippen LogP contribution in [0.15, 0.2) is 40.2 Å². The van der Waals surface area contributed by atoms with Crippen LogP contribution in [0.2, 0.25) is 0 Å². The highest BCUT2D eigenvalue weighted by Gasteiger charge is 2.22. The van der Waals surface area contributed by atoms with Crippen LogP contribution in [0.3, 0.4) is 0 Å². The third-order valence-corrected chi connectivity index (χ3v) is 4.80. The lowest BCUT2D eigenvalue weighted by molar-refractivity contribution is -0.140. The Hall–Kier alpha value is -1.86. The van der Waals surface area contributed by atoms with Crippen molar-refractivity contribution in [3.05, 3.63) is 45.7 Å². The van der Waals surface area contributed by atoms with E-state index in [1.165, 1.54) is 30.6 Å². The summed E-state index contributed by atoms with van der Waals surface area (Å²) in [5.74, 6) is -2.35. The van der Waals surface area contributed by atoms with E-state index in [0.717, 1.165) is 4.24 Å². The van der Waals surface area contributed by atoms with Gasteiger partial charge in [0.15, 0.2) is 5.57 Å². The van der Waals surface area contributed by atoms with Crippen molar-refractivity contribution in [3.63, 3.8) is 0 Å². The fraction of sp³-hybridized carbons (Fsp3) is 0.200. The van der Waals surface area contributed by atoms with Gasteiger partial charge in [-0.1, -0.05) is 12.1 Å². The molecule has 1 rings (SSSR count). The molecule has 0 bridgehead atoms. The first-order valence-electron chi connectivity index (χ1n) is 6.09. The quantitative estimate of drug-likeness (QED) is 0.341. The lowest BCUT2D eigenvalue weighted by Crippen LogP contribution is -2.13. The monoisotopic (exact) mass is 340 g/mol. The lowest BCUT2D eigenvalue weighted by Gasteiger charge is -2.09. The van der Waals surface area contributed by atoms with Gasteiger partial charge in [0, 0.05) is 9.81 Å². The molecule has 0 aliphatic heterocycles. The topological polar surface area (TPSA) is 83.8 Å². The molecule has 0 atom stereocenters. The number of thioether (sulfide) groups is 2. The van der Waals surface area contributed by atoms with Crippen LogP contribution in [0.25, 0.3) is 5.57 Å². The number of hydrogen-bond donors (Lipinski definition) is 2. The fourth-order valence-electron chi connectivity index (χ4n) is 1.71. The summed E-state index contributed by atoms with van der Waals surface area (Å²) >= 11 is 2.84. The van der Waals surface area contributed by atoms with Gasteiger partial charge in [0.1, 0.15) is 5.75 Å². The molecule has 0 aliphatic rings. The van der Waals surface area contributed by atoms with Crippen LogP contribution in [-0.4, -0.2) is 41.8 Å². The minimum absolute atomic E-state index is 0.154. The Morgan fingerprint density at radius 2 is 1.55 bits per heavy atom. The summed E-state index contributed by atoms with van der Waals surface area (Å²) < 4.78 is 5.87. The summed E-state index contributed by atoms with van der Waals surface area (Å²) in [7, 11) is 1.52. The highest BCUT2D eigenvalue weighted by Crippen LogP contribution is 2.31. The summed E-state index contributed by atoms with van der Waals surface area (Å²) in [6.45, 7) is 0. The van der Waals surface area contributed by atoms with Crippen molar-refractivity contribution < 1.29 is 24.5 Å². The number of methoxy groups -OCH3 is 1. The lowest BCUT2D eigenvalue weighted by atomic mass is 9.99. The number of carboxylic acid groups (broad SMARTS) is 2. The summed E-state index contributed by atoms with van der Waals surface area (Å²) in [6, 6.07) is 6.58. The number of allylic oxidation sites excluding steroid dienone is 2. The molecule has 0 spiro atoms. The predicted molar refractivity (Wildman–Crippen MR) is 90.3 cm³/mol. The molecule has 0 radical (unpaired) electrons. The Bertz CT molecular complexity index is 595. The molecule has 0 saturated heterocycles. The SMILES string of the molecule is COc1ccc(C(C=C(SC)SC)=C(C(=O)O)C(=O)O)cc1. The van der Waals surface area contributed by atoms with Crippen molar-refractivity contribution in [1.82, 2.24) is 0 Å². The molecular weight excluding hydrogens is 324 g/mol. The van der Waals surface area contributed by atoms with Crippen molar-refractivity contribution in [1.29, 1.82) is 0 Å². The number of rotatable bonds is 7. The number of hydrogen-bond acceptors (Lipinski definition) is 5. The van der Waals surface area contributed by atoms with E-state index < -0.39 is 17.5 Å². The molecule has 118 valence electrons. The van der Waals surface area contributed by atoms with E-state index in [0.29, 0.717) is 11.3 Å². The van der Waals surface area contributed by atoms with E-state index in [1.807, 2.05) is 12.5 Å². The van der Waals surface area contributed by atoms with Crippen molar-refractivity contribution in [3.8, 4) is 5.75 Å². The number of carboxylic acids is 2. The Morgan fingerprint density at radius 3 is 1.91 bits per heavy atom. The minimum Gasteiger partial charge on any atom is -0.497 e. The average Bonchev–Trinajstić information content (AvgIpc) is 2.50. The third kappa shape index (κ3) is 4.57. The first kappa shape index (κ1) is 18.2. The second-order valence-electron chi connectivity index (χ2n) is 4.00. The second kappa shape index (κ2) is 8.55. The third-order valence-electron chi connectivity index (χ3n) is 2.76. The Kier molecular flexibility index (Phi) is 7.07. The maximum Gasteiger partial charge on any atom is 0.343 e. The number of carbonyl (C=O) groups is 2. The first-order chi connectivity index (χ1) is 10.4. The largest absolute Gasteiger partial charge is 0.497 e. The van der Waals surface area contributed by atoms with Crippen LogP contribution in [0.5, 0.6) is 5.75 Å². The van der Waals surface area contributed by atoms with E-state index in [1.54, 1.807) is 30.3 Å². The van der Waals surface area contributed by atoms with Crippen LogP contribution < -0.4 is 4.74 Å². The molecule has 0 unspecified atom stereocenters. The number of benzene rings is 1. The Labute approximate surface area is 137 Å².